The molecule has 1 amide bonds. The third kappa shape index (κ3) is 2.23. The molecule has 1 aliphatic rings. The SMILES string of the molecule is CN1CCCO/C(CO)=C\C1=O. The van der Waals surface area contributed by atoms with Crippen molar-refractivity contribution in [2.75, 3.05) is 26.8 Å². The van der Waals surface area contributed by atoms with Crippen molar-refractivity contribution in [1.29, 1.82) is 0 Å². The molecule has 4 nitrogen and oxygen atoms in total. The molecular formula is C8H13NO3. The first-order valence-corrected chi connectivity index (χ1v) is 3.93. The molecule has 1 aliphatic heterocycles. The van der Waals surface area contributed by atoms with Gasteiger partial charge >= 0.3 is 0 Å². The highest BCUT2D eigenvalue weighted by atomic mass is 16.5. The van der Waals surface area contributed by atoms with E-state index < -0.39 is 0 Å². The number of likely N-dealkylation sites (N-methyl/N-ethyl adjacent to an activating group) is 1. The van der Waals surface area contributed by atoms with Gasteiger partial charge in [-0.3, -0.25) is 4.79 Å². The van der Waals surface area contributed by atoms with Crippen molar-refractivity contribution < 1.29 is 14.6 Å². The van der Waals surface area contributed by atoms with Gasteiger partial charge in [-0.05, 0) is 6.42 Å². The summed E-state index contributed by atoms with van der Waals surface area (Å²) >= 11 is 0. The summed E-state index contributed by atoms with van der Waals surface area (Å²) in [6, 6.07) is 0. The van der Waals surface area contributed by atoms with Crippen LogP contribution in [0.3, 0.4) is 0 Å². The third-order valence-electron chi connectivity index (χ3n) is 1.74. The number of ether oxygens (including phenoxy) is 1. The van der Waals surface area contributed by atoms with Gasteiger partial charge in [0.2, 0.25) is 5.91 Å². The maximum Gasteiger partial charge on any atom is 0.249 e. The van der Waals surface area contributed by atoms with E-state index in [2.05, 4.69) is 0 Å². The van der Waals surface area contributed by atoms with Gasteiger partial charge in [0, 0.05) is 19.7 Å². The minimum atomic E-state index is -0.209. The number of carbonyl (C=O) groups is 1. The number of hydrogen-bond acceptors (Lipinski definition) is 3. The molecule has 1 heterocycles. The van der Waals surface area contributed by atoms with Crippen LogP contribution in [-0.4, -0.2) is 42.7 Å². The maximum atomic E-state index is 11.2. The molecule has 4 heteroatoms. The first-order chi connectivity index (χ1) is 5.74. The summed E-state index contributed by atoms with van der Waals surface area (Å²) in [5.74, 6) is 0.241. The van der Waals surface area contributed by atoms with E-state index in [0.717, 1.165) is 6.42 Å². The lowest BCUT2D eigenvalue weighted by Gasteiger charge is -2.19. The lowest BCUT2D eigenvalue weighted by atomic mass is 10.3. The monoisotopic (exact) mass is 171 g/mol. The first kappa shape index (κ1) is 9.06. The van der Waals surface area contributed by atoms with Crippen LogP contribution >= 0.6 is 0 Å². The molecular weight excluding hydrogens is 158 g/mol. The van der Waals surface area contributed by atoms with Crippen LogP contribution in [0.25, 0.3) is 0 Å². The van der Waals surface area contributed by atoms with E-state index in [0.29, 0.717) is 18.9 Å². The fourth-order valence-electron chi connectivity index (χ4n) is 0.996. The third-order valence-corrected chi connectivity index (χ3v) is 1.74. The van der Waals surface area contributed by atoms with Crippen LogP contribution in [0.15, 0.2) is 11.8 Å². The van der Waals surface area contributed by atoms with Gasteiger partial charge in [-0.15, -0.1) is 0 Å². The Bertz CT molecular complexity index is 200. The van der Waals surface area contributed by atoms with E-state index >= 15 is 0 Å². The number of nitrogens with zero attached hydrogens (tertiary/aromatic N) is 1. The largest absolute Gasteiger partial charge is 0.495 e. The zero-order valence-corrected chi connectivity index (χ0v) is 7.12. The van der Waals surface area contributed by atoms with Gasteiger partial charge in [0.15, 0.2) is 0 Å². The van der Waals surface area contributed by atoms with Gasteiger partial charge in [-0.25, -0.2) is 0 Å². The minimum Gasteiger partial charge on any atom is -0.495 e. The second-order valence-electron chi connectivity index (χ2n) is 2.73. The molecule has 1 N–H and O–H groups in total. The number of amides is 1. The summed E-state index contributed by atoms with van der Waals surface area (Å²) < 4.78 is 5.11. The predicted octanol–water partition coefficient (Wildman–Crippen LogP) is -0.259. The summed E-state index contributed by atoms with van der Waals surface area (Å²) in [5.41, 5.74) is 0. The Hall–Kier alpha value is -1.03. The highest BCUT2D eigenvalue weighted by molar-refractivity contribution is 5.87. The Kier molecular flexibility index (Phi) is 3.10. The average Bonchev–Trinajstić information content (AvgIpc) is 2.06. The van der Waals surface area contributed by atoms with Gasteiger partial charge in [0.05, 0.1) is 6.61 Å². The molecule has 0 aliphatic carbocycles. The molecule has 0 unspecified atom stereocenters. The molecule has 0 saturated carbocycles. The van der Waals surface area contributed by atoms with Crippen molar-refractivity contribution in [1.82, 2.24) is 4.90 Å². The molecule has 12 heavy (non-hydrogen) atoms. The van der Waals surface area contributed by atoms with Crippen molar-refractivity contribution in [2.45, 2.75) is 6.42 Å². The molecule has 0 atom stereocenters. The van der Waals surface area contributed by atoms with Gasteiger partial charge in [0.25, 0.3) is 0 Å². The Labute approximate surface area is 71.4 Å². The smallest absolute Gasteiger partial charge is 0.249 e. The van der Waals surface area contributed by atoms with Crippen molar-refractivity contribution in [3.63, 3.8) is 0 Å². The van der Waals surface area contributed by atoms with E-state index in [1.54, 1.807) is 11.9 Å². The topological polar surface area (TPSA) is 49.8 Å². The van der Waals surface area contributed by atoms with E-state index in [4.69, 9.17) is 9.84 Å². The number of aliphatic hydroxyl groups is 1. The van der Waals surface area contributed by atoms with E-state index in [1.807, 2.05) is 0 Å². The number of rotatable bonds is 1. The molecule has 0 saturated heterocycles. The van der Waals surface area contributed by atoms with Gasteiger partial charge < -0.3 is 14.7 Å². The van der Waals surface area contributed by atoms with Crippen LogP contribution in [0.2, 0.25) is 0 Å². The Morgan fingerprint density at radius 2 is 2.50 bits per heavy atom. The van der Waals surface area contributed by atoms with E-state index in [9.17, 15) is 4.79 Å². The second-order valence-corrected chi connectivity index (χ2v) is 2.73. The fraction of sp³-hybridized carbons (Fsp3) is 0.625. The summed E-state index contributed by atoms with van der Waals surface area (Å²) in [7, 11) is 1.74. The molecule has 1 rings (SSSR count). The lowest BCUT2D eigenvalue weighted by Crippen LogP contribution is -2.29. The quantitative estimate of drug-likeness (QED) is 0.591. The van der Waals surface area contributed by atoms with Crippen LogP contribution in [0.1, 0.15) is 6.42 Å². The van der Waals surface area contributed by atoms with Crippen molar-refractivity contribution >= 4 is 5.91 Å². The van der Waals surface area contributed by atoms with Crippen LogP contribution in [-0.2, 0) is 9.53 Å². The first-order valence-electron chi connectivity index (χ1n) is 3.93. The Morgan fingerprint density at radius 1 is 1.75 bits per heavy atom. The van der Waals surface area contributed by atoms with Crippen LogP contribution in [0.4, 0.5) is 0 Å². The minimum absolute atomic E-state index is 0.112. The van der Waals surface area contributed by atoms with E-state index in [-0.39, 0.29) is 12.5 Å². The number of hydrogen-bond donors (Lipinski definition) is 1. The van der Waals surface area contributed by atoms with Crippen LogP contribution in [0, 0.1) is 0 Å². The molecule has 0 radical (unpaired) electrons. The molecule has 0 aromatic rings. The Balaban J connectivity index is 2.68. The average molecular weight is 171 g/mol. The molecule has 0 fully saturated rings. The van der Waals surface area contributed by atoms with Crippen molar-refractivity contribution in [2.24, 2.45) is 0 Å². The van der Waals surface area contributed by atoms with E-state index in [1.165, 1.54) is 6.08 Å². The summed E-state index contributed by atoms with van der Waals surface area (Å²) in [6.45, 7) is 1.05. The van der Waals surface area contributed by atoms with Gasteiger partial charge in [0.1, 0.15) is 12.4 Å². The lowest BCUT2D eigenvalue weighted by molar-refractivity contribution is -0.125. The predicted molar refractivity (Wildman–Crippen MR) is 43.4 cm³/mol. The standard InChI is InChI=1S/C8H13NO3/c1-9-3-2-4-12-7(6-10)5-8(9)11/h5,10H,2-4,6H2,1H3/b7-5-. The highest BCUT2D eigenvalue weighted by Gasteiger charge is 2.10. The molecule has 0 spiro atoms. The summed E-state index contributed by atoms with van der Waals surface area (Å²) in [6.07, 6.45) is 2.14. The maximum absolute atomic E-state index is 11.2. The normalized spacial score (nSPS) is 23.7. The van der Waals surface area contributed by atoms with Crippen LogP contribution in [0.5, 0.6) is 0 Å². The second kappa shape index (κ2) is 4.11. The molecule has 0 aromatic heterocycles. The van der Waals surface area contributed by atoms with Gasteiger partial charge in [-0.2, -0.15) is 0 Å². The zero-order valence-electron chi connectivity index (χ0n) is 7.12. The van der Waals surface area contributed by atoms with Gasteiger partial charge in [-0.1, -0.05) is 0 Å². The van der Waals surface area contributed by atoms with Crippen molar-refractivity contribution in [3.05, 3.63) is 11.8 Å². The summed E-state index contributed by atoms with van der Waals surface area (Å²) in [5, 5.41) is 8.75. The summed E-state index contributed by atoms with van der Waals surface area (Å²) in [4.78, 5) is 12.8. The zero-order chi connectivity index (χ0) is 8.97. The molecule has 68 valence electrons. The van der Waals surface area contributed by atoms with Crippen LogP contribution < -0.4 is 0 Å². The highest BCUT2D eigenvalue weighted by Crippen LogP contribution is 2.03. The fourth-order valence-corrected chi connectivity index (χ4v) is 0.996. The van der Waals surface area contributed by atoms with Crippen molar-refractivity contribution in [3.8, 4) is 0 Å². The molecule has 0 aromatic carbocycles. The number of aliphatic hydroxyl groups excluding tert-OH is 1. The Morgan fingerprint density at radius 3 is 3.17 bits per heavy atom. The molecule has 0 bridgehead atoms. The number of carbonyl (C=O) groups excluding carboxylic acids is 1.